The zero-order chi connectivity index (χ0) is 20.3. The highest BCUT2D eigenvalue weighted by atomic mass is 35.5. The fourth-order valence-electron chi connectivity index (χ4n) is 3.10. The molecule has 0 radical (unpaired) electrons. The molecule has 3 rings (SSSR count). The number of thiophene rings is 1. The lowest BCUT2D eigenvalue weighted by molar-refractivity contribution is -0.124. The molecule has 1 aliphatic rings. The second-order valence-corrected chi connectivity index (χ2v) is 10.2. The molecule has 1 aromatic heterocycles. The first-order chi connectivity index (χ1) is 13.3. The van der Waals surface area contributed by atoms with Crippen LogP contribution < -0.4 is 10.1 Å². The SMILES string of the molecule is COc1ccc(CN(C2CCCCNC2=O)S(=O)(=O)c2ccc(Cl)s2)cc1F. The summed E-state index contributed by atoms with van der Waals surface area (Å²) in [7, 11) is -2.65. The quantitative estimate of drug-likeness (QED) is 0.737. The van der Waals surface area contributed by atoms with E-state index in [1.165, 1.54) is 31.4 Å². The third-order valence-electron chi connectivity index (χ3n) is 4.52. The lowest BCUT2D eigenvalue weighted by atomic mass is 10.1. The largest absolute Gasteiger partial charge is 0.494 e. The Morgan fingerprint density at radius 1 is 1.32 bits per heavy atom. The zero-order valence-electron chi connectivity index (χ0n) is 15.2. The van der Waals surface area contributed by atoms with Gasteiger partial charge in [-0.05, 0) is 49.1 Å². The van der Waals surface area contributed by atoms with E-state index >= 15 is 0 Å². The number of amides is 1. The molecule has 2 aromatic rings. The topological polar surface area (TPSA) is 75.7 Å². The molecule has 1 amide bonds. The van der Waals surface area contributed by atoms with Crippen LogP contribution in [0.3, 0.4) is 0 Å². The van der Waals surface area contributed by atoms with Crippen molar-refractivity contribution in [1.82, 2.24) is 9.62 Å². The van der Waals surface area contributed by atoms with Crippen LogP contribution in [0.1, 0.15) is 24.8 Å². The fourth-order valence-corrected chi connectivity index (χ4v) is 6.32. The summed E-state index contributed by atoms with van der Waals surface area (Å²) < 4.78 is 47.1. The number of halogens is 2. The Bertz CT molecular complexity index is 964. The van der Waals surface area contributed by atoms with E-state index in [4.69, 9.17) is 16.3 Å². The molecule has 10 heteroatoms. The van der Waals surface area contributed by atoms with Gasteiger partial charge in [0.05, 0.1) is 11.4 Å². The molecule has 1 atom stereocenters. The van der Waals surface area contributed by atoms with Crippen LogP contribution in [0.25, 0.3) is 0 Å². The highest BCUT2D eigenvalue weighted by Crippen LogP contribution is 2.32. The van der Waals surface area contributed by atoms with Gasteiger partial charge in [-0.15, -0.1) is 11.3 Å². The van der Waals surface area contributed by atoms with E-state index in [-0.39, 0.29) is 22.4 Å². The number of sulfonamides is 1. The van der Waals surface area contributed by atoms with Gasteiger partial charge in [-0.2, -0.15) is 4.31 Å². The molecular weight excluding hydrogens is 427 g/mol. The third kappa shape index (κ3) is 4.48. The summed E-state index contributed by atoms with van der Waals surface area (Å²) in [5.41, 5.74) is 0.418. The number of ether oxygens (including phenoxy) is 1. The number of nitrogens with zero attached hydrogens (tertiary/aromatic N) is 1. The molecular formula is C18H20ClFN2O4S2. The van der Waals surface area contributed by atoms with Crippen molar-refractivity contribution in [3.63, 3.8) is 0 Å². The second-order valence-electron chi connectivity index (χ2n) is 6.38. The summed E-state index contributed by atoms with van der Waals surface area (Å²) >= 11 is 6.84. The number of carbonyl (C=O) groups is 1. The normalized spacial score (nSPS) is 18.0. The number of carbonyl (C=O) groups excluding carboxylic acids is 1. The van der Waals surface area contributed by atoms with Crippen LogP contribution in [0.5, 0.6) is 5.75 Å². The molecule has 1 unspecified atom stereocenters. The Kier molecular flexibility index (Phi) is 6.59. The van der Waals surface area contributed by atoms with Crippen LogP contribution in [-0.4, -0.2) is 38.3 Å². The molecule has 1 saturated heterocycles. The number of hydrogen-bond donors (Lipinski definition) is 1. The van der Waals surface area contributed by atoms with Crippen molar-refractivity contribution in [3.8, 4) is 5.75 Å². The molecule has 2 heterocycles. The van der Waals surface area contributed by atoms with Crippen molar-refractivity contribution >= 4 is 38.9 Å². The Balaban J connectivity index is 2.01. The molecule has 1 aromatic carbocycles. The average molecular weight is 447 g/mol. The number of methoxy groups -OCH3 is 1. The van der Waals surface area contributed by atoms with Crippen LogP contribution in [-0.2, 0) is 21.4 Å². The minimum absolute atomic E-state index is 0.0449. The standard InChI is InChI=1S/C18H20ClFN2O4S2/c1-26-15-6-5-12(10-13(15)20)11-22(14-4-2-3-9-21-18(14)23)28(24,25)17-8-7-16(19)27-17/h5-8,10,14H,2-4,9,11H2,1H3,(H,21,23). The first-order valence-corrected chi connectivity index (χ1v) is 11.3. The van der Waals surface area contributed by atoms with Crippen molar-refractivity contribution in [3.05, 3.63) is 46.0 Å². The van der Waals surface area contributed by atoms with E-state index in [0.29, 0.717) is 29.3 Å². The van der Waals surface area contributed by atoms with Crippen molar-refractivity contribution in [1.29, 1.82) is 0 Å². The molecule has 28 heavy (non-hydrogen) atoms. The van der Waals surface area contributed by atoms with Crippen LogP contribution in [0.2, 0.25) is 4.34 Å². The van der Waals surface area contributed by atoms with Gasteiger partial charge in [0, 0.05) is 13.1 Å². The third-order valence-corrected chi connectivity index (χ3v) is 8.07. The van der Waals surface area contributed by atoms with Gasteiger partial charge in [0.2, 0.25) is 5.91 Å². The summed E-state index contributed by atoms with van der Waals surface area (Å²) in [5, 5.41) is 2.76. The van der Waals surface area contributed by atoms with E-state index in [0.717, 1.165) is 22.1 Å². The minimum atomic E-state index is -4.00. The number of rotatable bonds is 6. The Hall–Kier alpha value is -1.68. The fraction of sp³-hybridized carbons (Fsp3) is 0.389. The Morgan fingerprint density at radius 3 is 2.75 bits per heavy atom. The Morgan fingerprint density at radius 2 is 2.11 bits per heavy atom. The first-order valence-electron chi connectivity index (χ1n) is 8.70. The first kappa shape index (κ1) is 21.0. The van der Waals surface area contributed by atoms with Gasteiger partial charge in [-0.25, -0.2) is 12.8 Å². The molecule has 0 spiro atoms. The molecule has 1 fully saturated rings. The van der Waals surface area contributed by atoms with Gasteiger partial charge in [0.25, 0.3) is 10.0 Å². The predicted molar refractivity (Wildman–Crippen MR) is 106 cm³/mol. The van der Waals surface area contributed by atoms with E-state index < -0.39 is 21.9 Å². The van der Waals surface area contributed by atoms with Gasteiger partial charge in [-0.3, -0.25) is 4.79 Å². The maximum atomic E-state index is 14.1. The summed E-state index contributed by atoms with van der Waals surface area (Å²) in [5.74, 6) is -0.880. The Labute approximate surface area is 172 Å². The maximum absolute atomic E-state index is 14.1. The molecule has 1 aliphatic heterocycles. The maximum Gasteiger partial charge on any atom is 0.253 e. The molecule has 0 saturated carbocycles. The number of benzene rings is 1. The highest BCUT2D eigenvalue weighted by molar-refractivity contribution is 7.91. The highest BCUT2D eigenvalue weighted by Gasteiger charge is 2.37. The van der Waals surface area contributed by atoms with Crippen LogP contribution in [0.15, 0.2) is 34.5 Å². The van der Waals surface area contributed by atoms with Gasteiger partial charge in [0.15, 0.2) is 11.6 Å². The van der Waals surface area contributed by atoms with Crippen LogP contribution in [0.4, 0.5) is 4.39 Å². The number of hydrogen-bond acceptors (Lipinski definition) is 5. The van der Waals surface area contributed by atoms with Gasteiger partial charge in [0.1, 0.15) is 10.3 Å². The van der Waals surface area contributed by atoms with Crippen LogP contribution in [0, 0.1) is 5.82 Å². The lowest BCUT2D eigenvalue weighted by Gasteiger charge is -2.28. The van der Waals surface area contributed by atoms with Crippen molar-refractivity contribution in [2.24, 2.45) is 0 Å². The average Bonchev–Trinajstić information content (AvgIpc) is 2.99. The van der Waals surface area contributed by atoms with E-state index in [2.05, 4.69) is 5.32 Å². The molecule has 0 aliphatic carbocycles. The summed E-state index contributed by atoms with van der Waals surface area (Å²) in [6.45, 7) is 0.363. The van der Waals surface area contributed by atoms with Crippen molar-refractivity contribution in [2.75, 3.05) is 13.7 Å². The second kappa shape index (κ2) is 8.77. The molecule has 1 N–H and O–H groups in total. The van der Waals surface area contributed by atoms with E-state index in [9.17, 15) is 17.6 Å². The van der Waals surface area contributed by atoms with Gasteiger partial charge >= 0.3 is 0 Å². The van der Waals surface area contributed by atoms with E-state index in [1.807, 2.05) is 0 Å². The van der Waals surface area contributed by atoms with Crippen LogP contribution >= 0.6 is 22.9 Å². The van der Waals surface area contributed by atoms with Crippen molar-refractivity contribution in [2.45, 2.75) is 36.1 Å². The summed E-state index contributed by atoms with van der Waals surface area (Å²) in [6.07, 6.45) is 1.87. The minimum Gasteiger partial charge on any atom is -0.494 e. The summed E-state index contributed by atoms with van der Waals surface area (Å²) in [4.78, 5) is 12.6. The van der Waals surface area contributed by atoms with Gasteiger partial charge < -0.3 is 10.1 Å². The molecule has 0 bridgehead atoms. The van der Waals surface area contributed by atoms with E-state index in [1.54, 1.807) is 6.07 Å². The monoisotopic (exact) mass is 446 g/mol. The number of nitrogens with one attached hydrogen (secondary N) is 1. The van der Waals surface area contributed by atoms with Crippen molar-refractivity contribution < 1.29 is 22.3 Å². The predicted octanol–water partition coefficient (Wildman–Crippen LogP) is 3.41. The smallest absolute Gasteiger partial charge is 0.253 e. The van der Waals surface area contributed by atoms with Gasteiger partial charge in [-0.1, -0.05) is 17.7 Å². The lowest BCUT2D eigenvalue weighted by Crippen LogP contribution is -2.48. The molecule has 6 nitrogen and oxygen atoms in total. The summed E-state index contributed by atoms with van der Waals surface area (Å²) in [6, 6.07) is 6.27. The molecule has 152 valence electrons. The zero-order valence-corrected chi connectivity index (χ0v) is 17.5.